The topological polar surface area (TPSA) is 51.3 Å². The summed E-state index contributed by atoms with van der Waals surface area (Å²) in [5.41, 5.74) is 1.67. The van der Waals surface area contributed by atoms with Crippen molar-refractivity contribution in [3.8, 4) is 11.5 Å². The quantitative estimate of drug-likeness (QED) is 0.641. The summed E-state index contributed by atoms with van der Waals surface area (Å²) in [4.78, 5) is 14.7. The lowest BCUT2D eigenvalue weighted by molar-refractivity contribution is -0.119. The van der Waals surface area contributed by atoms with Crippen LogP contribution in [0.2, 0.25) is 0 Å². The Labute approximate surface area is 151 Å². The van der Waals surface area contributed by atoms with E-state index < -0.39 is 0 Å². The number of rotatable bonds is 5. The Hall–Kier alpha value is -2.73. The Morgan fingerprint density at radius 3 is 2.32 bits per heavy atom. The van der Waals surface area contributed by atoms with Gasteiger partial charge < -0.3 is 9.32 Å². The molecule has 0 saturated carbocycles. The van der Waals surface area contributed by atoms with Gasteiger partial charge in [0.15, 0.2) is 0 Å². The van der Waals surface area contributed by atoms with Gasteiger partial charge in [0.1, 0.15) is 6.54 Å². The van der Waals surface area contributed by atoms with Crippen molar-refractivity contribution in [2.24, 2.45) is 0 Å². The predicted molar refractivity (Wildman–Crippen MR) is 99.8 cm³/mol. The third-order valence-electron chi connectivity index (χ3n) is 3.73. The number of carbonyl (C=O) groups excluding carboxylic acids is 1. The highest BCUT2D eigenvalue weighted by Crippen LogP contribution is 2.19. The Balaban J connectivity index is 1.85. The fourth-order valence-corrected chi connectivity index (χ4v) is 2.81. The van der Waals surface area contributed by atoms with Crippen molar-refractivity contribution in [1.82, 2.24) is 9.78 Å². The van der Waals surface area contributed by atoms with Crippen molar-refractivity contribution in [3.05, 3.63) is 65.5 Å². The van der Waals surface area contributed by atoms with Gasteiger partial charge in [0.2, 0.25) is 11.8 Å². The average molecular weight is 353 g/mol. The maximum atomic E-state index is 12.8. The number of carbonyl (C=O) groups is 1. The number of para-hydroxylation sites is 1. The molecule has 0 unspecified atom stereocenters. The highest BCUT2D eigenvalue weighted by Gasteiger charge is 2.21. The standard InChI is InChI=1S/C19H19N3O2S/c1-14(2)22(16-11-7-4-8-12-16)17(23)13-21-19(25)24-18(20-21)15-9-5-3-6-10-15/h3-12,14H,13H2,1-2H3. The number of nitrogens with zero attached hydrogens (tertiary/aromatic N) is 3. The molecule has 0 bridgehead atoms. The minimum atomic E-state index is -0.0924. The zero-order valence-electron chi connectivity index (χ0n) is 14.1. The van der Waals surface area contributed by atoms with Gasteiger partial charge in [0.25, 0.3) is 4.84 Å². The van der Waals surface area contributed by atoms with Crippen molar-refractivity contribution >= 4 is 23.8 Å². The summed E-state index contributed by atoms with van der Waals surface area (Å²) < 4.78 is 6.97. The van der Waals surface area contributed by atoms with Crippen molar-refractivity contribution in [3.63, 3.8) is 0 Å². The molecule has 0 atom stereocenters. The lowest BCUT2D eigenvalue weighted by atomic mass is 10.2. The number of anilines is 1. The van der Waals surface area contributed by atoms with Crippen LogP contribution >= 0.6 is 12.2 Å². The van der Waals surface area contributed by atoms with E-state index in [9.17, 15) is 4.79 Å². The first-order valence-corrected chi connectivity index (χ1v) is 8.47. The molecule has 25 heavy (non-hydrogen) atoms. The van der Waals surface area contributed by atoms with Crippen LogP contribution in [-0.2, 0) is 11.3 Å². The predicted octanol–water partition coefficient (Wildman–Crippen LogP) is 4.31. The first-order chi connectivity index (χ1) is 12.1. The molecule has 1 aromatic heterocycles. The summed E-state index contributed by atoms with van der Waals surface area (Å²) in [7, 11) is 0. The maximum absolute atomic E-state index is 12.8. The van der Waals surface area contributed by atoms with E-state index in [2.05, 4.69) is 5.10 Å². The zero-order chi connectivity index (χ0) is 17.8. The fourth-order valence-electron chi connectivity index (χ4n) is 2.63. The highest BCUT2D eigenvalue weighted by atomic mass is 32.1. The summed E-state index contributed by atoms with van der Waals surface area (Å²) in [5.74, 6) is 0.319. The van der Waals surface area contributed by atoms with E-state index in [0.29, 0.717) is 5.89 Å². The molecule has 0 N–H and O–H groups in total. The molecule has 2 aromatic carbocycles. The first kappa shape index (κ1) is 17.1. The van der Waals surface area contributed by atoms with Crippen molar-refractivity contribution in [2.45, 2.75) is 26.4 Å². The number of hydrogen-bond donors (Lipinski definition) is 0. The number of amides is 1. The molecule has 3 aromatic rings. The van der Waals surface area contributed by atoms with E-state index in [-0.39, 0.29) is 23.3 Å². The molecule has 0 aliphatic heterocycles. The molecular weight excluding hydrogens is 334 g/mol. The Bertz CT molecular complexity index is 901. The van der Waals surface area contributed by atoms with Crippen molar-refractivity contribution in [2.75, 3.05) is 4.90 Å². The Morgan fingerprint density at radius 2 is 1.72 bits per heavy atom. The van der Waals surface area contributed by atoms with Crippen LogP contribution in [0.5, 0.6) is 0 Å². The van der Waals surface area contributed by atoms with Crippen molar-refractivity contribution in [1.29, 1.82) is 0 Å². The third kappa shape index (κ3) is 3.85. The van der Waals surface area contributed by atoms with Gasteiger partial charge in [-0.15, -0.1) is 5.10 Å². The average Bonchev–Trinajstić information content (AvgIpc) is 2.97. The molecule has 1 amide bonds. The molecular formula is C19H19N3O2S. The second kappa shape index (κ2) is 7.44. The van der Waals surface area contributed by atoms with E-state index in [0.717, 1.165) is 11.3 Å². The SMILES string of the molecule is CC(C)N(C(=O)Cn1nc(-c2ccccc2)oc1=S)c1ccccc1. The molecule has 0 saturated heterocycles. The molecule has 0 fully saturated rings. The molecule has 1 heterocycles. The summed E-state index contributed by atoms with van der Waals surface area (Å²) in [6, 6.07) is 19.1. The zero-order valence-corrected chi connectivity index (χ0v) is 14.9. The van der Waals surface area contributed by atoms with Crippen LogP contribution < -0.4 is 4.90 Å². The highest BCUT2D eigenvalue weighted by molar-refractivity contribution is 7.71. The summed E-state index contributed by atoms with van der Waals surface area (Å²) >= 11 is 5.22. The number of hydrogen-bond acceptors (Lipinski definition) is 4. The van der Waals surface area contributed by atoms with Crippen LogP contribution in [0, 0.1) is 4.84 Å². The lowest BCUT2D eigenvalue weighted by Crippen LogP contribution is -2.39. The summed E-state index contributed by atoms with van der Waals surface area (Å²) in [5, 5.41) is 4.35. The number of aromatic nitrogens is 2. The van der Waals surface area contributed by atoms with Gasteiger partial charge in [-0.1, -0.05) is 36.4 Å². The second-order valence-corrected chi connectivity index (χ2v) is 6.24. The second-order valence-electron chi connectivity index (χ2n) is 5.89. The van der Waals surface area contributed by atoms with E-state index in [1.807, 2.05) is 74.5 Å². The molecule has 0 aliphatic carbocycles. The van der Waals surface area contributed by atoms with Crippen LogP contribution in [0.3, 0.4) is 0 Å². The van der Waals surface area contributed by atoms with Crippen LogP contribution in [-0.4, -0.2) is 21.7 Å². The molecule has 128 valence electrons. The van der Waals surface area contributed by atoms with Gasteiger partial charge in [0, 0.05) is 17.3 Å². The van der Waals surface area contributed by atoms with Crippen LogP contribution in [0.4, 0.5) is 5.69 Å². The van der Waals surface area contributed by atoms with E-state index in [1.165, 1.54) is 4.68 Å². The van der Waals surface area contributed by atoms with Gasteiger partial charge >= 0.3 is 0 Å². The number of benzene rings is 2. The smallest absolute Gasteiger partial charge is 0.287 e. The molecule has 5 nitrogen and oxygen atoms in total. The van der Waals surface area contributed by atoms with E-state index in [1.54, 1.807) is 4.90 Å². The largest absolute Gasteiger partial charge is 0.409 e. The van der Waals surface area contributed by atoms with Gasteiger partial charge in [-0.05, 0) is 50.3 Å². The molecule has 3 rings (SSSR count). The minimum absolute atomic E-state index is 0.0181. The minimum Gasteiger partial charge on any atom is -0.409 e. The monoisotopic (exact) mass is 353 g/mol. The van der Waals surface area contributed by atoms with Crippen LogP contribution in [0.15, 0.2) is 65.1 Å². The van der Waals surface area contributed by atoms with E-state index >= 15 is 0 Å². The Kier molecular flexibility index (Phi) is 5.09. The van der Waals surface area contributed by atoms with Crippen molar-refractivity contribution < 1.29 is 9.21 Å². The molecule has 0 aliphatic rings. The third-order valence-corrected chi connectivity index (χ3v) is 4.03. The fraction of sp³-hybridized carbons (Fsp3) is 0.211. The van der Waals surface area contributed by atoms with Crippen LogP contribution in [0.1, 0.15) is 13.8 Å². The van der Waals surface area contributed by atoms with Gasteiger partial charge in [0.05, 0.1) is 0 Å². The van der Waals surface area contributed by atoms with E-state index in [4.69, 9.17) is 16.6 Å². The normalized spacial score (nSPS) is 10.8. The first-order valence-electron chi connectivity index (χ1n) is 8.06. The van der Waals surface area contributed by atoms with Gasteiger partial charge in [-0.2, -0.15) is 0 Å². The summed E-state index contributed by atoms with van der Waals surface area (Å²) in [6.07, 6.45) is 0. The molecule has 0 radical (unpaired) electrons. The van der Waals surface area contributed by atoms with Crippen LogP contribution in [0.25, 0.3) is 11.5 Å². The van der Waals surface area contributed by atoms with Gasteiger partial charge in [-0.3, -0.25) is 4.79 Å². The van der Waals surface area contributed by atoms with Gasteiger partial charge in [-0.25, -0.2) is 4.68 Å². The molecule has 0 spiro atoms. The maximum Gasteiger partial charge on any atom is 0.287 e. The lowest BCUT2D eigenvalue weighted by Gasteiger charge is -2.26. The summed E-state index contributed by atoms with van der Waals surface area (Å²) in [6.45, 7) is 3.98. The molecule has 6 heteroatoms. The Morgan fingerprint density at radius 1 is 1.12 bits per heavy atom.